The van der Waals surface area contributed by atoms with Gasteiger partial charge in [0.05, 0.1) is 16.8 Å². The zero-order valence-electron chi connectivity index (χ0n) is 22.0. The number of hydrogen-bond acceptors (Lipinski definition) is 5. The predicted octanol–water partition coefficient (Wildman–Crippen LogP) is 5.85. The Kier molecular flexibility index (Phi) is 6.48. The summed E-state index contributed by atoms with van der Waals surface area (Å²) < 4.78 is 6.23. The van der Waals surface area contributed by atoms with Crippen molar-refractivity contribution in [2.45, 2.75) is 84.0 Å². The van der Waals surface area contributed by atoms with Gasteiger partial charge >= 0.3 is 0 Å². The predicted molar refractivity (Wildman–Crippen MR) is 140 cm³/mol. The summed E-state index contributed by atoms with van der Waals surface area (Å²) in [5, 5.41) is 23.6. The standard InChI is InChI=1S/C29H36N4O3/c1-26(2)11-9-19(10-12-26)22-15-20(29(6,35)18-28(5)14-13-27(3,4)36-28)7-8-23(22)33-25(34)24-31-17-21(16-30)32-24/h7-9,13-15,17,35H,10-12,18H2,1-6H3,(H,31,32)(H,33,34)/t28-,29?/m1/s1. The van der Waals surface area contributed by atoms with Gasteiger partial charge in [0.1, 0.15) is 6.07 Å². The van der Waals surface area contributed by atoms with E-state index in [1.165, 1.54) is 6.20 Å². The van der Waals surface area contributed by atoms with Crippen LogP contribution in [0.4, 0.5) is 5.69 Å². The van der Waals surface area contributed by atoms with Crippen LogP contribution in [0.1, 0.15) is 94.7 Å². The summed E-state index contributed by atoms with van der Waals surface area (Å²) in [6, 6.07) is 7.59. The maximum Gasteiger partial charge on any atom is 0.291 e. The summed E-state index contributed by atoms with van der Waals surface area (Å²) in [5.41, 5.74) is 1.69. The first kappa shape index (κ1) is 25.9. The van der Waals surface area contributed by atoms with Gasteiger partial charge in [0.2, 0.25) is 0 Å². The first-order valence-corrected chi connectivity index (χ1v) is 12.4. The van der Waals surface area contributed by atoms with Crippen molar-refractivity contribution in [3.63, 3.8) is 0 Å². The van der Waals surface area contributed by atoms with Crippen LogP contribution in [0.2, 0.25) is 0 Å². The first-order valence-electron chi connectivity index (χ1n) is 12.4. The molecular weight excluding hydrogens is 452 g/mol. The van der Waals surface area contributed by atoms with Gasteiger partial charge in [0.25, 0.3) is 5.91 Å². The molecular formula is C29H36N4O3. The van der Waals surface area contributed by atoms with Crippen LogP contribution < -0.4 is 5.32 Å². The number of amides is 1. The first-order chi connectivity index (χ1) is 16.7. The number of nitriles is 1. The molecule has 1 aliphatic heterocycles. The van der Waals surface area contributed by atoms with E-state index in [-0.39, 0.29) is 22.5 Å². The third-order valence-electron chi connectivity index (χ3n) is 7.14. The van der Waals surface area contributed by atoms with Gasteiger partial charge in [-0.25, -0.2) is 4.98 Å². The van der Waals surface area contributed by atoms with Gasteiger partial charge in [0.15, 0.2) is 11.5 Å². The fraction of sp³-hybridized carbons (Fsp3) is 0.483. The number of hydrogen-bond donors (Lipinski definition) is 3. The number of anilines is 1. The molecule has 3 N–H and O–H groups in total. The number of rotatable bonds is 6. The third-order valence-corrected chi connectivity index (χ3v) is 7.14. The second-order valence-corrected chi connectivity index (χ2v) is 11.9. The number of nitrogens with zero attached hydrogens (tertiary/aromatic N) is 2. The largest absolute Gasteiger partial charge is 0.385 e. The SMILES string of the molecule is CC1(C)CC=C(c2cc(C(C)(O)C[C@@]3(C)C=CC(C)(C)O3)ccc2NC(=O)c2nc(C#N)c[nH]2)CC1. The van der Waals surface area contributed by atoms with E-state index in [2.05, 4.69) is 35.2 Å². The van der Waals surface area contributed by atoms with E-state index in [9.17, 15) is 9.90 Å². The Morgan fingerprint density at radius 1 is 1.28 bits per heavy atom. The van der Waals surface area contributed by atoms with Crippen LogP contribution in [0, 0.1) is 16.7 Å². The molecule has 4 rings (SSSR count). The number of ether oxygens (including phenoxy) is 1. The molecule has 1 aliphatic carbocycles. The smallest absolute Gasteiger partial charge is 0.291 e. The molecule has 1 aromatic carbocycles. The molecule has 190 valence electrons. The van der Waals surface area contributed by atoms with E-state index in [0.29, 0.717) is 12.1 Å². The summed E-state index contributed by atoms with van der Waals surface area (Å²) in [5.74, 6) is -0.346. The van der Waals surface area contributed by atoms with E-state index in [0.717, 1.165) is 36.0 Å². The monoisotopic (exact) mass is 488 g/mol. The van der Waals surface area contributed by atoms with Crippen molar-refractivity contribution < 1.29 is 14.6 Å². The quantitative estimate of drug-likeness (QED) is 0.442. The average molecular weight is 489 g/mol. The number of nitrogens with one attached hydrogen (secondary N) is 2. The van der Waals surface area contributed by atoms with E-state index in [1.807, 2.05) is 64.1 Å². The van der Waals surface area contributed by atoms with Crippen LogP contribution >= 0.6 is 0 Å². The second kappa shape index (κ2) is 9.02. The number of imidazole rings is 1. The van der Waals surface area contributed by atoms with Crippen LogP contribution in [0.15, 0.2) is 42.6 Å². The van der Waals surface area contributed by atoms with Crippen molar-refractivity contribution in [2.24, 2.45) is 5.41 Å². The minimum absolute atomic E-state index is 0.0769. The normalized spacial score (nSPS) is 24.0. The molecule has 0 saturated carbocycles. The van der Waals surface area contributed by atoms with Gasteiger partial charge in [-0.05, 0) is 75.6 Å². The lowest BCUT2D eigenvalue weighted by atomic mass is 9.76. The van der Waals surface area contributed by atoms with Crippen LogP contribution in [0.5, 0.6) is 0 Å². The summed E-state index contributed by atoms with van der Waals surface area (Å²) in [6.45, 7) is 12.3. The number of aromatic amines is 1. The Balaban J connectivity index is 1.67. The van der Waals surface area contributed by atoms with Gasteiger partial charge in [0, 0.05) is 23.9 Å². The Morgan fingerprint density at radius 3 is 2.61 bits per heavy atom. The molecule has 2 aromatic rings. The Hall–Kier alpha value is -3.21. The van der Waals surface area contributed by atoms with Gasteiger partial charge in [-0.1, -0.05) is 38.1 Å². The molecule has 0 bridgehead atoms. The highest BCUT2D eigenvalue weighted by Crippen LogP contribution is 2.43. The minimum atomic E-state index is -1.16. The molecule has 36 heavy (non-hydrogen) atoms. The molecule has 1 aromatic heterocycles. The second-order valence-electron chi connectivity index (χ2n) is 11.9. The lowest BCUT2D eigenvalue weighted by Gasteiger charge is -2.36. The zero-order valence-corrected chi connectivity index (χ0v) is 22.0. The van der Waals surface area contributed by atoms with Gasteiger partial charge in [-0.3, -0.25) is 4.79 Å². The topological polar surface area (TPSA) is 111 Å². The Bertz CT molecular complexity index is 1280. The van der Waals surface area contributed by atoms with Crippen molar-refractivity contribution in [3.8, 4) is 6.07 Å². The summed E-state index contributed by atoms with van der Waals surface area (Å²) >= 11 is 0. The third kappa shape index (κ3) is 5.61. The van der Waals surface area contributed by atoms with Crippen LogP contribution in [0.25, 0.3) is 5.57 Å². The van der Waals surface area contributed by atoms with E-state index >= 15 is 0 Å². The van der Waals surface area contributed by atoms with Crippen molar-refractivity contribution in [3.05, 3.63) is 65.3 Å². The molecule has 2 heterocycles. The molecule has 2 atom stereocenters. The molecule has 7 nitrogen and oxygen atoms in total. The van der Waals surface area contributed by atoms with Crippen LogP contribution in [-0.2, 0) is 10.3 Å². The molecule has 0 saturated heterocycles. The molecule has 1 amide bonds. The molecule has 0 radical (unpaired) electrons. The molecule has 0 fully saturated rings. The number of aromatic nitrogens is 2. The van der Waals surface area contributed by atoms with E-state index < -0.39 is 17.1 Å². The lowest BCUT2D eigenvalue weighted by Crippen LogP contribution is -2.38. The molecule has 2 aliphatic rings. The van der Waals surface area contributed by atoms with E-state index in [1.54, 1.807) is 0 Å². The highest BCUT2D eigenvalue weighted by atomic mass is 16.5. The van der Waals surface area contributed by atoms with E-state index in [4.69, 9.17) is 10.00 Å². The number of benzene rings is 1. The molecule has 7 heteroatoms. The number of H-pyrrole nitrogens is 1. The van der Waals surface area contributed by atoms with Gasteiger partial charge in [-0.2, -0.15) is 5.26 Å². The van der Waals surface area contributed by atoms with Gasteiger partial charge < -0.3 is 20.1 Å². The van der Waals surface area contributed by atoms with Crippen LogP contribution in [0.3, 0.4) is 0 Å². The summed E-state index contributed by atoms with van der Waals surface area (Å²) in [6.07, 6.45) is 10.9. The summed E-state index contributed by atoms with van der Waals surface area (Å²) in [7, 11) is 0. The number of carbonyl (C=O) groups is 1. The zero-order chi connectivity index (χ0) is 26.4. The van der Waals surface area contributed by atoms with Crippen molar-refractivity contribution in [1.29, 1.82) is 5.26 Å². The highest BCUT2D eigenvalue weighted by Gasteiger charge is 2.41. The minimum Gasteiger partial charge on any atom is -0.385 e. The number of allylic oxidation sites excluding steroid dienone is 2. The lowest BCUT2D eigenvalue weighted by molar-refractivity contribution is -0.102. The van der Waals surface area contributed by atoms with Crippen LogP contribution in [-0.4, -0.2) is 32.2 Å². The van der Waals surface area contributed by atoms with Gasteiger partial charge in [-0.15, -0.1) is 0 Å². The Morgan fingerprint density at radius 2 is 2.03 bits per heavy atom. The maximum atomic E-state index is 12.9. The molecule has 0 spiro atoms. The number of carbonyl (C=O) groups excluding carboxylic acids is 1. The fourth-order valence-electron chi connectivity index (χ4n) is 5.18. The van der Waals surface area contributed by atoms with Crippen molar-refractivity contribution in [1.82, 2.24) is 9.97 Å². The Labute approximate surface area is 213 Å². The average Bonchev–Trinajstić information content (AvgIpc) is 3.37. The summed E-state index contributed by atoms with van der Waals surface area (Å²) in [4.78, 5) is 19.7. The van der Waals surface area contributed by atoms with Crippen molar-refractivity contribution >= 4 is 17.2 Å². The highest BCUT2D eigenvalue weighted by molar-refractivity contribution is 6.03. The number of aliphatic hydroxyl groups is 1. The fourth-order valence-corrected chi connectivity index (χ4v) is 5.18. The maximum absolute atomic E-state index is 12.9. The van der Waals surface area contributed by atoms with Crippen molar-refractivity contribution in [2.75, 3.05) is 5.32 Å². The molecule has 1 unspecified atom stereocenters.